The summed E-state index contributed by atoms with van der Waals surface area (Å²) in [5.41, 5.74) is 9.90. The zero-order valence-corrected chi connectivity index (χ0v) is 12.8. The monoisotopic (exact) mass is 302 g/mol. The second-order valence-corrected chi connectivity index (χ2v) is 5.42. The standard InChI is InChI=1S/C18H14N4O/c1-10-5-13-6-12(3-4-16(13)21-9-10)17-11(2)15(18(20)23)7-14(8-19)22-17/h3-7,9H,1-2H3,(H2,20,23). The third-order valence-electron chi connectivity index (χ3n) is 3.74. The molecule has 0 aliphatic rings. The highest BCUT2D eigenvalue weighted by molar-refractivity contribution is 5.96. The van der Waals surface area contributed by atoms with E-state index < -0.39 is 5.91 Å². The molecule has 1 aromatic carbocycles. The van der Waals surface area contributed by atoms with Crippen LogP contribution in [0.15, 0.2) is 36.5 Å². The first kappa shape index (κ1) is 14.7. The van der Waals surface area contributed by atoms with Gasteiger partial charge in [0.05, 0.1) is 11.2 Å². The number of nitrogens with two attached hydrogens (primary N) is 1. The minimum atomic E-state index is -0.569. The molecule has 112 valence electrons. The number of benzene rings is 1. The Morgan fingerprint density at radius 3 is 2.70 bits per heavy atom. The van der Waals surface area contributed by atoms with Gasteiger partial charge >= 0.3 is 0 Å². The fraction of sp³-hybridized carbons (Fsp3) is 0.111. The van der Waals surface area contributed by atoms with E-state index in [1.807, 2.05) is 43.5 Å². The van der Waals surface area contributed by atoms with Gasteiger partial charge in [0.2, 0.25) is 5.91 Å². The van der Waals surface area contributed by atoms with Crippen LogP contribution in [0.1, 0.15) is 27.2 Å². The SMILES string of the molecule is Cc1cnc2ccc(-c3nc(C#N)cc(C(N)=O)c3C)cc2c1. The number of fused-ring (bicyclic) bond motifs is 1. The average Bonchev–Trinajstić information content (AvgIpc) is 2.54. The molecule has 0 unspecified atom stereocenters. The summed E-state index contributed by atoms with van der Waals surface area (Å²) in [4.78, 5) is 20.3. The molecule has 0 saturated heterocycles. The molecule has 3 aromatic rings. The maximum absolute atomic E-state index is 11.6. The second kappa shape index (κ2) is 5.50. The number of nitrogens with zero attached hydrogens (tertiary/aromatic N) is 3. The van der Waals surface area contributed by atoms with Crippen molar-refractivity contribution in [3.05, 3.63) is 58.9 Å². The van der Waals surface area contributed by atoms with Crippen molar-refractivity contribution in [2.45, 2.75) is 13.8 Å². The van der Waals surface area contributed by atoms with Crippen molar-refractivity contribution in [3.63, 3.8) is 0 Å². The van der Waals surface area contributed by atoms with Gasteiger partial charge in [-0.25, -0.2) is 4.98 Å². The Kier molecular flexibility index (Phi) is 3.51. The second-order valence-electron chi connectivity index (χ2n) is 5.42. The summed E-state index contributed by atoms with van der Waals surface area (Å²) in [6.07, 6.45) is 1.81. The lowest BCUT2D eigenvalue weighted by Gasteiger charge is -2.10. The van der Waals surface area contributed by atoms with Crippen molar-refractivity contribution in [2.24, 2.45) is 5.73 Å². The number of primary amides is 1. The highest BCUT2D eigenvalue weighted by Gasteiger charge is 2.15. The van der Waals surface area contributed by atoms with Gasteiger partial charge in [0.25, 0.3) is 0 Å². The summed E-state index contributed by atoms with van der Waals surface area (Å²) >= 11 is 0. The van der Waals surface area contributed by atoms with Crippen molar-refractivity contribution < 1.29 is 4.79 Å². The predicted molar refractivity (Wildman–Crippen MR) is 87.7 cm³/mol. The van der Waals surface area contributed by atoms with Crippen LogP contribution in [0, 0.1) is 25.2 Å². The van der Waals surface area contributed by atoms with E-state index in [4.69, 9.17) is 11.0 Å². The Hall–Kier alpha value is -3.26. The van der Waals surface area contributed by atoms with Gasteiger partial charge in [-0.2, -0.15) is 5.26 Å². The summed E-state index contributed by atoms with van der Waals surface area (Å²) < 4.78 is 0. The molecule has 0 saturated carbocycles. The van der Waals surface area contributed by atoms with Crippen molar-refractivity contribution in [3.8, 4) is 17.3 Å². The number of nitriles is 1. The number of carbonyl (C=O) groups is 1. The van der Waals surface area contributed by atoms with Crippen LogP contribution in [0.2, 0.25) is 0 Å². The van der Waals surface area contributed by atoms with Gasteiger partial charge in [0.1, 0.15) is 11.8 Å². The zero-order valence-electron chi connectivity index (χ0n) is 12.8. The average molecular weight is 302 g/mol. The zero-order chi connectivity index (χ0) is 16.6. The maximum Gasteiger partial charge on any atom is 0.249 e. The number of aromatic nitrogens is 2. The van der Waals surface area contributed by atoms with Crippen LogP contribution >= 0.6 is 0 Å². The Balaban J connectivity index is 2.27. The number of hydrogen-bond acceptors (Lipinski definition) is 4. The number of hydrogen-bond donors (Lipinski definition) is 1. The van der Waals surface area contributed by atoms with Crippen molar-refractivity contribution in [2.75, 3.05) is 0 Å². The molecular formula is C18H14N4O. The molecular weight excluding hydrogens is 288 g/mol. The molecule has 0 spiro atoms. The lowest BCUT2D eigenvalue weighted by atomic mass is 9.99. The number of amides is 1. The minimum absolute atomic E-state index is 0.168. The van der Waals surface area contributed by atoms with Gasteiger partial charge < -0.3 is 5.73 Å². The van der Waals surface area contributed by atoms with Crippen LogP contribution < -0.4 is 5.73 Å². The fourth-order valence-corrected chi connectivity index (χ4v) is 2.59. The maximum atomic E-state index is 11.6. The van der Waals surface area contributed by atoms with Crippen LogP contribution in [0.25, 0.3) is 22.2 Å². The summed E-state index contributed by atoms with van der Waals surface area (Å²) in [6, 6.07) is 11.2. The first-order valence-electron chi connectivity index (χ1n) is 7.08. The molecule has 5 nitrogen and oxygen atoms in total. The number of carbonyl (C=O) groups excluding carboxylic acids is 1. The van der Waals surface area contributed by atoms with E-state index in [2.05, 4.69) is 9.97 Å². The highest BCUT2D eigenvalue weighted by Crippen LogP contribution is 2.27. The van der Waals surface area contributed by atoms with Crippen LogP contribution in [0.4, 0.5) is 0 Å². The number of rotatable bonds is 2. The third kappa shape index (κ3) is 2.62. The Morgan fingerprint density at radius 1 is 1.22 bits per heavy atom. The Labute approximate surface area is 133 Å². The van der Waals surface area contributed by atoms with Gasteiger partial charge in [0.15, 0.2) is 0 Å². The molecule has 2 N–H and O–H groups in total. The van der Waals surface area contributed by atoms with Gasteiger partial charge in [-0.3, -0.25) is 9.78 Å². The first-order chi connectivity index (χ1) is 11.0. The molecule has 1 amide bonds. The first-order valence-corrected chi connectivity index (χ1v) is 7.08. The molecule has 0 aliphatic heterocycles. The van der Waals surface area contributed by atoms with E-state index in [0.29, 0.717) is 16.8 Å². The van der Waals surface area contributed by atoms with Gasteiger partial charge in [-0.15, -0.1) is 0 Å². The van der Waals surface area contributed by atoms with E-state index in [0.717, 1.165) is 22.0 Å². The van der Waals surface area contributed by atoms with E-state index in [9.17, 15) is 4.79 Å². The highest BCUT2D eigenvalue weighted by atomic mass is 16.1. The van der Waals surface area contributed by atoms with E-state index >= 15 is 0 Å². The molecule has 2 heterocycles. The van der Waals surface area contributed by atoms with E-state index in [1.54, 1.807) is 6.92 Å². The molecule has 0 aliphatic carbocycles. The van der Waals surface area contributed by atoms with Gasteiger partial charge in [0, 0.05) is 22.7 Å². The fourth-order valence-electron chi connectivity index (χ4n) is 2.59. The Morgan fingerprint density at radius 2 is 2.00 bits per heavy atom. The minimum Gasteiger partial charge on any atom is -0.366 e. The summed E-state index contributed by atoms with van der Waals surface area (Å²) in [6.45, 7) is 3.76. The smallest absolute Gasteiger partial charge is 0.249 e. The van der Waals surface area contributed by atoms with Crippen LogP contribution in [-0.4, -0.2) is 15.9 Å². The quantitative estimate of drug-likeness (QED) is 0.787. The molecule has 23 heavy (non-hydrogen) atoms. The summed E-state index contributed by atoms with van der Waals surface area (Å²) in [5.74, 6) is -0.569. The van der Waals surface area contributed by atoms with Crippen LogP contribution in [-0.2, 0) is 0 Å². The largest absolute Gasteiger partial charge is 0.366 e. The summed E-state index contributed by atoms with van der Waals surface area (Å²) in [5, 5.41) is 10.1. The van der Waals surface area contributed by atoms with Crippen LogP contribution in [0.5, 0.6) is 0 Å². The van der Waals surface area contributed by atoms with E-state index in [-0.39, 0.29) is 5.69 Å². The predicted octanol–water partition coefficient (Wildman–Crippen LogP) is 2.88. The molecule has 0 fully saturated rings. The molecule has 2 aromatic heterocycles. The van der Waals surface area contributed by atoms with Crippen LogP contribution in [0.3, 0.4) is 0 Å². The van der Waals surface area contributed by atoms with E-state index in [1.165, 1.54) is 6.07 Å². The molecule has 3 rings (SSSR count). The molecule has 0 radical (unpaired) electrons. The lowest BCUT2D eigenvalue weighted by Crippen LogP contribution is -2.14. The molecule has 0 atom stereocenters. The third-order valence-corrected chi connectivity index (χ3v) is 3.74. The lowest BCUT2D eigenvalue weighted by molar-refractivity contribution is 0.0999. The number of pyridine rings is 2. The summed E-state index contributed by atoms with van der Waals surface area (Å²) in [7, 11) is 0. The Bertz CT molecular complexity index is 986. The number of aryl methyl sites for hydroxylation is 1. The van der Waals surface area contributed by atoms with Crippen molar-refractivity contribution in [1.29, 1.82) is 5.26 Å². The molecule has 0 bridgehead atoms. The molecule has 5 heteroatoms. The topological polar surface area (TPSA) is 92.7 Å². The van der Waals surface area contributed by atoms with Gasteiger partial charge in [-0.05, 0) is 49.2 Å². The van der Waals surface area contributed by atoms with Crippen molar-refractivity contribution in [1.82, 2.24) is 9.97 Å². The van der Waals surface area contributed by atoms with Gasteiger partial charge in [-0.1, -0.05) is 6.07 Å². The van der Waals surface area contributed by atoms with Crippen molar-refractivity contribution >= 4 is 16.8 Å². The normalized spacial score (nSPS) is 10.5.